The van der Waals surface area contributed by atoms with Gasteiger partial charge in [-0.1, -0.05) is 5.11 Å². The summed E-state index contributed by atoms with van der Waals surface area (Å²) in [6.45, 7) is -0.0169. The summed E-state index contributed by atoms with van der Waals surface area (Å²) in [6, 6.07) is 1.05. The second-order valence-corrected chi connectivity index (χ2v) is 3.68. The van der Waals surface area contributed by atoms with Gasteiger partial charge in [0.1, 0.15) is 18.1 Å². The summed E-state index contributed by atoms with van der Waals surface area (Å²) < 4.78 is 0. The minimum atomic E-state index is -1.44. The molecule has 1 aromatic heterocycles. The van der Waals surface area contributed by atoms with Crippen molar-refractivity contribution in [1.29, 1.82) is 0 Å². The number of anilines is 1. The number of aromatic nitrogens is 1. The van der Waals surface area contributed by atoms with Crippen LogP contribution in [-0.4, -0.2) is 32.8 Å². The fourth-order valence-electron chi connectivity index (χ4n) is 1.42. The molecule has 0 aliphatic heterocycles. The van der Waals surface area contributed by atoms with Crippen molar-refractivity contribution in [1.82, 2.24) is 4.98 Å². The molecule has 0 aliphatic carbocycles. The molecule has 1 aromatic rings. The molecule has 0 radical (unpaired) electrons. The van der Waals surface area contributed by atoms with E-state index in [1.165, 1.54) is 0 Å². The minimum Gasteiger partial charge on any atom is -0.390 e. The van der Waals surface area contributed by atoms with Crippen LogP contribution in [0.15, 0.2) is 17.4 Å². The molecule has 10 heteroatoms. The fourth-order valence-corrected chi connectivity index (χ4v) is 1.42. The Morgan fingerprint density at radius 3 is 2.89 bits per heavy atom. The predicted octanol–water partition coefficient (Wildman–Crippen LogP) is 0.667. The molecule has 0 saturated carbocycles. The molecule has 1 rings (SSSR count). The fraction of sp³-hybridized carbons (Fsp3) is 0.444. The van der Waals surface area contributed by atoms with Crippen LogP contribution >= 0.6 is 0 Å². The highest BCUT2D eigenvalue weighted by molar-refractivity contribution is 5.47. The average molecular weight is 268 g/mol. The van der Waals surface area contributed by atoms with Crippen molar-refractivity contribution >= 4 is 11.5 Å². The summed E-state index contributed by atoms with van der Waals surface area (Å²) in [5.41, 5.74) is 13.2. The molecule has 0 bridgehead atoms. The summed E-state index contributed by atoms with van der Waals surface area (Å²) in [7, 11) is 0. The molecule has 0 aliphatic rings. The maximum absolute atomic E-state index is 10.6. The third kappa shape index (κ3) is 3.78. The van der Waals surface area contributed by atoms with Crippen LogP contribution in [0, 0.1) is 10.1 Å². The summed E-state index contributed by atoms with van der Waals surface area (Å²) in [6.07, 6.45) is -1.76. The number of nitrogens with zero attached hydrogens (tertiary/aromatic N) is 5. The number of aliphatic hydroxyl groups excluding tert-OH is 2. The zero-order chi connectivity index (χ0) is 14.4. The van der Waals surface area contributed by atoms with Crippen LogP contribution < -0.4 is 5.73 Å². The number of hydrogen-bond acceptors (Lipinski definition) is 7. The highest BCUT2D eigenvalue weighted by Crippen LogP contribution is 2.26. The third-order valence-corrected chi connectivity index (χ3v) is 2.42. The lowest BCUT2D eigenvalue weighted by atomic mass is 10.0. The monoisotopic (exact) mass is 268 g/mol. The summed E-state index contributed by atoms with van der Waals surface area (Å²) >= 11 is 0. The Labute approximate surface area is 107 Å². The van der Waals surface area contributed by atoms with Gasteiger partial charge in [-0.3, -0.25) is 10.1 Å². The van der Waals surface area contributed by atoms with E-state index in [4.69, 9.17) is 11.3 Å². The van der Waals surface area contributed by atoms with Crippen molar-refractivity contribution in [2.75, 3.05) is 12.3 Å². The molecular weight excluding hydrogens is 256 g/mol. The second-order valence-electron chi connectivity index (χ2n) is 3.68. The molecule has 0 spiro atoms. The highest BCUT2D eigenvalue weighted by atomic mass is 16.6. The molecule has 2 unspecified atom stereocenters. The lowest BCUT2D eigenvalue weighted by molar-refractivity contribution is -0.385. The van der Waals surface area contributed by atoms with Gasteiger partial charge in [0.25, 0.3) is 5.69 Å². The topological polar surface area (TPSA) is 171 Å². The molecule has 2 atom stereocenters. The third-order valence-electron chi connectivity index (χ3n) is 2.42. The van der Waals surface area contributed by atoms with Crippen molar-refractivity contribution in [3.63, 3.8) is 0 Å². The second kappa shape index (κ2) is 6.50. The average Bonchev–Trinajstić information content (AvgIpc) is 2.38. The maximum atomic E-state index is 10.6. The SMILES string of the molecule is [N-]=[N+]=NCCC(O)C(O)c1cc([N+](=O)[O-])cnc1N. The first kappa shape index (κ1) is 14.6. The molecule has 4 N–H and O–H groups in total. The number of rotatable bonds is 6. The first-order valence-electron chi connectivity index (χ1n) is 5.24. The molecule has 0 aromatic carbocycles. The zero-order valence-corrected chi connectivity index (χ0v) is 9.75. The summed E-state index contributed by atoms with van der Waals surface area (Å²) in [5.74, 6) is -0.110. The lowest BCUT2D eigenvalue weighted by Gasteiger charge is -2.18. The Bertz CT molecular complexity index is 515. The van der Waals surface area contributed by atoms with Crippen molar-refractivity contribution in [2.24, 2.45) is 5.11 Å². The Kier molecular flexibility index (Phi) is 5.01. The Hall–Kier alpha value is -2.42. The molecule has 0 saturated heterocycles. The van der Waals surface area contributed by atoms with Gasteiger partial charge in [-0.2, -0.15) is 0 Å². The molecule has 0 amide bonds. The molecule has 10 nitrogen and oxygen atoms in total. The van der Waals surface area contributed by atoms with Crippen molar-refractivity contribution in [2.45, 2.75) is 18.6 Å². The van der Waals surface area contributed by atoms with Crippen LogP contribution in [0.25, 0.3) is 10.4 Å². The van der Waals surface area contributed by atoms with Crippen LogP contribution in [-0.2, 0) is 0 Å². The van der Waals surface area contributed by atoms with Gasteiger partial charge < -0.3 is 15.9 Å². The molecule has 0 fully saturated rings. The maximum Gasteiger partial charge on any atom is 0.288 e. The molecule has 1 heterocycles. The van der Waals surface area contributed by atoms with E-state index in [0.29, 0.717) is 0 Å². The lowest BCUT2D eigenvalue weighted by Crippen LogP contribution is -2.20. The van der Waals surface area contributed by atoms with E-state index in [2.05, 4.69) is 15.0 Å². The Morgan fingerprint density at radius 1 is 1.63 bits per heavy atom. The van der Waals surface area contributed by atoms with Gasteiger partial charge in [0.2, 0.25) is 0 Å². The molecule has 102 valence electrons. The van der Waals surface area contributed by atoms with E-state index in [1.807, 2.05) is 0 Å². The summed E-state index contributed by atoms with van der Waals surface area (Å²) in [4.78, 5) is 16.0. The van der Waals surface area contributed by atoms with Crippen LogP contribution in [0.2, 0.25) is 0 Å². The van der Waals surface area contributed by atoms with Gasteiger partial charge in [-0.05, 0) is 12.0 Å². The van der Waals surface area contributed by atoms with Crippen LogP contribution in [0.1, 0.15) is 18.1 Å². The molecular formula is C9H12N6O4. The van der Waals surface area contributed by atoms with Crippen molar-refractivity contribution in [3.05, 3.63) is 38.4 Å². The van der Waals surface area contributed by atoms with Crippen molar-refractivity contribution < 1.29 is 15.1 Å². The first-order chi connectivity index (χ1) is 8.97. The van der Waals surface area contributed by atoms with Gasteiger partial charge in [-0.15, -0.1) is 0 Å². The van der Waals surface area contributed by atoms with E-state index >= 15 is 0 Å². The summed E-state index contributed by atoms with van der Waals surface area (Å²) in [5, 5.41) is 33.3. The number of nitrogen functional groups attached to an aromatic ring is 1. The predicted molar refractivity (Wildman–Crippen MR) is 64.9 cm³/mol. The molecule has 19 heavy (non-hydrogen) atoms. The number of nitrogens with two attached hydrogens (primary N) is 1. The van der Waals surface area contributed by atoms with E-state index in [0.717, 1.165) is 12.3 Å². The minimum absolute atomic E-state index is 0.00659. The largest absolute Gasteiger partial charge is 0.390 e. The quantitative estimate of drug-likeness (QED) is 0.225. The number of azide groups is 1. The van der Waals surface area contributed by atoms with Gasteiger partial charge in [0.05, 0.1) is 11.0 Å². The zero-order valence-electron chi connectivity index (χ0n) is 9.75. The highest BCUT2D eigenvalue weighted by Gasteiger charge is 2.23. The van der Waals surface area contributed by atoms with Gasteiger partial charge in [0.15, 0.2) is 0 Å². The van der Waals surface area contributed by atoms with Crippen LogP contribution in [0.3, 0.4) is 0 Å². The van der Waals surface area contributed by atoms with Crippen molar-refractivity contribution in [3.8, 4) is 0 Å². The Morgan fingerprint density at radius 2 is 2.32 bits per heavy atom. The van der Waals surface area contributed by atoms with E-state index < -0.39 is 17.1 Å². The van der Waals surface area contributed by atoms with Gasteiger partial charge >= 0.3 is 0 Å². The van der Waals surface area contributed by atoms with Crippen LogP contribution in [0.4, 0.5) is 11.5 Å². The number of nitro groups is 1. The van der Waals surface area contributed by atoms with Gasteiger partial charge in [-0.25, -0.2) is 4.98 Å². The standard InChI is InChI=1S/C9H12N6O4/c10-9-6(3-5(4-12-9)15(18)19)8(17)7(16)1-2-13-14-11/h3-4,7-8,16-17H,1-2H2,(H2,10,12). The number of pyridine rings is 1. The van der Waals surface area contributed by atoms with E-state index in [1.54, 1.807) is 0 Å². The van der Waals surface area contributed by atoms with E-state index in [-0.39, 0.29) is 30.0 Å². The smallest absolute Gasteiger partial charge is 0.288 e. The number of aliphatic hydroxyl groups is 2. The van der Waals surface area contributed by atoms with Crippen LogP contribution in [0.5, 0.6) is 0 Å². The Balaban J connectivity index is 2.91. The van der Waals surface area contributed by atoms with E-state index in [9.17, 15) is 20.3 Å². The number of hydrogen-bond donors (Lipinski definition) is 3. The normalized spacial score (nSPS) is 13.4. The van der Waals surface area contributed by atoms with Gasteiger partial charge in [0, 0.05) is 23.1 Å². The first-order valence-corrected chi connectivity index (χ1v) is 5.24.